The molecule has 1 amide bonds. The van der Waals surface area contributed by atoms with Crippen LogP contribution in [0.15, 0.2) is 36.9 Å². The van der Waals surface area contributed by atoms with E-state index in [9.17, 15) is 15.0 Å². The second kappa shape index (κ2) is 6.60. The van der Waals surface area contributed by atoms with Gasteiger partial charge in [-0.1, -0.05) is 6.07 Å². The lowest BCUT2D eigenvalue weighted by atomic mass is 10.1. The number of hydrogen-bond acceptors (Lipinski definition) is 4. The van der Waals surface area contributed by atoms with Crippen LogP contribution in [0.1, 0.15) is 23.2 Å². The number of phenols is 2. The molecule has 2 aromatic rings. The minimum atomic E-state index is -0.469. The van der Waals surface area contributed by atoms with Crippen molar-refractivity contribution >= 4 is 5.91 Å². The molecule has 0 aliphatic carbocycles. The molecule has 6 nitrogen and oxygen atoms in total. The molecule has 0 aliphatic rings. The summed E-state index contributed by atoms with van der Waals surface area (Å²) in [5.74, 6) is -0.912. The van der Waals surface area contributed by atoms with Crippen LogP contribution in [0.4, 0.5) is 0 Å². The second-order valence-electron chi connectivity index (χ2n) is 4.43. The number of benzene rings is 1. The number of rotatable bonds is 6. The van der Waals surface area contributed by atoms with E-state index in [-0.39, 0.29) is 17.1 Å². The molecular weight excluding hydrogens is 258 g/mol. The summed E-state index contributed by atoms with van der Waals surface area (Å²) in [7, 11) is 0. The highest BCUT2D eigenvalue weighted by molar-refractivity contribution is 5.99. The van der Waals surface area contributed by atoms with Crippen molar-refractivity contribution in [3.05, 3.63) is 42.5 Å². The summed E-state index contributed by atoms with van der Waals surface area (Å²) in [4.78, 5) is 15.8. The fraction of sp³-hybridized carbons (Fsp3) is 0.286. The van der Waals surface area contributed by atoms with Crippen molar-refractivity contribution in [3.63, 3.8) is 0 Å². The Bertz CT molecular complexity index is 547. The Labute approximate surface area is 116 Å². The molecule has 2 rings (SSSR count). The van der Waals surface area contributed by atoms with E-state index < -0.39 is 5.91 Å². The molecule has 20 heavy (non-hydrogen) atoms. The van der Waals surface area contributed by atoms with E-state index in [1.54, 1.807) is 12.5 Å². The molecule has 0 unspecified atom stereocenters. The molecule has 0 fully saturated rings. The Morgan fingerprint density at radius 3 is 2.65 bits per heavy atom. The first-order valence-corrected chi connectivity index (χ1v) is 6.43. The smallest absolute Gasteiger partial charge is 0.258 e. The van der Waals surface area contributed by atoms with Crippen LogP contribution in [0.3, 0.4) is 0 Å². The van der Waals surface area contributed by atoms with E-state index in [0.717, 1.165) is 19.4 Å². The van der Waals surface area contributed by atoms with Crippen molar-refractivity contribution in [2.45, 2.75) is 19.4 Å². The van der Waals surface area contributed by atoms with E-state index in [2.05, 4.69) is 10.3 Å². The van der Waals surface area contributed by atoms with E-state index in [0.29, 0.717) is 6.54 Å². The number of phenolic OH excluding ortho intramolecular Hbond substituents is 2. The van der Waals surface area contributed by atoms with Gasteiger partial charge in [-0.25, -0.2) is 4.98 Å². The topological polar surface area (TPSA) is 87.4 Å². The lowest BCUT2D eigenvalue weighted by Crippen LogP contribution is -2.24. The Balaban J connectivity index is 1.75. The van der Waals surface area contributed by atoms with Gasteiger partial charge in [-0.2, -0.15) is 0 Å². The van der Waals surface area contributed by atoms with Gasteiger partial charge in [-0.3, -0.25) is 4.79 Å². The number of carbonyl (C=O) groups is 1. The van der Waals surface area contributed by atoms with Crippen molar-refractivity contribution in [3.8, 4) is 11.5 Å². The number of aromatic hydroxyl groups is 2. The van der Waals surface area contributed by atoms with Gasteiger partial charge in [0, 0.05) is 25.5 Å². The van der Waals surface area contributed by atoms with Crippen molar-refractivity contribution in [2.24, 2.45) is 0 Å². The molecule has 0 bridgehead atoms. The third-order valence-electron chi connectivity index (χ3n) is 2.94. The summed E-state index contributed by atoms with van der Waals surface area (Å²) in [6.45, 7) is 1.33. The third kappa shape index (κ3) is 3.50. The molecule has 0 saturated carbocycles. The van der Waals surface area contributed by atoms with Crippen LogP contribution in [0.2, 0.25) is 0 Å². The molecule has 0 saturated heterocycles. The molecule has 1 aromatic carbocycles. The van der Waals surface area contributed by atoms with E-state index in [1.165, 1.54) is 18.2 Å². The number of imidazole rings is 1. The number of nitrogens with zero attached hydrogens (tertiary/aromatic N) is 2. The van der Waals surface area contributed by atoms with Gasteiger partial charge in [0.05, 0.1) is 6.33 Å². The monoisotopic (exact) mass is 275 g/mol. The zero-order valence-electron chi connectivity index (χ0n) is 11.0. The summed E-state index contributed by atoms with van der Waals surface area (Å²) in [5.41, 5.74) is -0.0814. The quantitative estimate of drug-likeness (QED) is 0.697. The number of carbonyl (C=O) groups excluding carboxylic acids is 1. The van der Waals surface area contributed by atoms with Gasteiger partial charge in [0.2, 0.25) is 0 Å². The fourth-order valence-corrected chi connectivity index (χ4v) is 1.89. The highest BCUT2D eigenvalue weighted by atomic mass is 16.3. The van der Waals surface area contributed by atoms with Crippen molar-refractivity contribution < 1.29 is 15.0 Å². The first-order chi connectivity index (χ1) is 9.68. The first kappa shape index (κ1) is 13.9. The second-order valence-corrected chi connectivity index (χ2v) is 4.43. The molecule has 1 heterocycles. The van der Waals surface area contributed by atoms with E-state index >= 15 is 0 Å². The van der Waals surface area contributed by atoms with E-state index in [1.807, 2.05) is 10.8 Å². The zero-order valence-corrected chi connectivity index (χ0v) is 11.0. The van der Waals surface area contributed by atoms with Gasteiger partial charge in [-0.05, 0) is 25.0 Å². The maximum Gasteiger partial charge on any atom is 0.258 e. The highest BCUT2D eigenvalue weighted by Gasteiger charge is 2.14. The number of hydrogen-bond donors (Lipinski definition) is 3. The molecule has 0 atom stereocenters. The summed E-state index contributed by atoms with van der Waals surface area (Å²) in [6.07, 6.45) is 7.07. The largest absolute Gasteiger partial charge is 0.507 e. The van der Waals surface area contributed by atoms with Gasteiger partial charge in [0.25, 0.3) is 5.91 Å². The Morgan fingerprint density at radius 2 is 2.00 bits per heavy atom. The number of amides is 1. The Morgan fingerprint density at radius 1 is 1.25 bits per heavy atom. The van der Waals surface area contributed by atoms with E-state index in [4.69, 9.17) is 0 Å². The molecule has 3 N–H and O–H groups in total. The summed E-state index contributed by atoms with van der Waals surface area (Å²) >= 11 is 0. The van der Waals surface area contributed by atoms with Gasteiger partial charge >= 0.3 is 0 Å². The molecule has 0 aliphatic heterocycles. The molecule has 1 aromatic heterocycles. The van der Waals surface area contributed by atoms with Crippen LogP contribution in [0, 0.1) is 0 Å². The molecule has 106 valence electrons. The molecule has 0 spiro atoms. The van der Waals surface area contributed by atoms with Crippen molar-refractivity contribution in [1.82, 2.24) is 14.9 Å². The van der Waals surface area contributed by atoms with Crippen LogP contribution in [0.25, 0.3) is 0 Å². The maximum absolute atomic E-state index is 11.8. The Hall–Kier alpha value is -2.50. The predicted octanol–water partition coefficient (Wildman–Crippen LogP) is 1.50. The normalized spacial score (nSPS) is 10.4. The predicted molar refractivity (Wildman–Crippen MR) is 73.6 cm³/mol. The van der Waals surface area contributed by atoms with Crippen LogP contribution in [-0.4, -0.2) is 32.2 Å². The average molecular weight is 275 g/mol. The van der Waals surface area contributed by atoms with Gasteiger partial charge < -0.3 is 20.1 Å². The Kier molecular flexibility index (Phi) is 4.60. The zero-order chi connectivity index (χ0) is 14.4. The molecule has 6 heteroatoms. The summed E-state index contributed by atoms with van der Waals surface area (Å²) < 4.78 is 1.97. The van der Waals surface area contributed by atoms with Crippen molar-refractivity contribution in [2.75, 3.05) is 6.54 Å². The molecule has 0 radical (unpaired) electrons. The lowest BCUT2D eigenvalue weighted by Gasteiger charge is -2.08. The highest BCUT2D eigenvalue weighted by Crippen LogP contribution is 2.25. The fourth-order valence-electron chi connectivity index (χ4n) is 1.89. The number of aryl methyl sites for hydroxylation is 1. The number of unbranched alkanes of at least 4 members (excludes halogenated alkanes) is 1. The van der Waals surface area contributed by atoms with Gasteiger partial charge in [0.15, 0.2) is 0 Å². The average Bonchev–Trinajstić information content (AvgIpc) is 2.91. The molecular formula is C14H17N3O3. The third-order valence-corrected chi connectivity index (χ3v) is 2.94. The van der Waals surface area contributed by atoms with Crippen LogP contribution < -0.4 is 5.32 Å². The summed E-state index contributed by atoms with van der Waals surface area (Å²) in [6, 6.07) is 4.22. The van der Waals surface area contributed by atoms with Gasteiger partial charge in [-0.15, -0.1) is 0 Å². The minimum Gasteiger partial charge on any atom is -0.507 e. The van der Waals surface area contributed by atoms with Crippen LogP contribution in [-0.2, 0) is 6.54 Å². The number of aromatic nitrogens is 2. The minimum absolute atomic E-state index is 0.0814. The van der Waals surface area contributed by atoms with Gasteiger partial charge in [0.1, 0.15) is 17.1 Å². The van der Waals surface area contributed by atoms with Crippen LogP contribution in [0.5, 0.6) is 11.5 Å². The lowest BCUT2D eigenvalue weighted by molar-refractivity contribution is 0.0947. The number of nitrogens with one attached hydrogen (secondary N) is 1. The summed E-state index contributed by atoms with van der Waals surface area (Å²) in [5, 5.41) is 21.8. The first-order valence-electron chi connectivity index (χ1n) is 6.43. The standard InChI is InChI=1S/C14H17N3O3/c18-11-4-3-5-12(19)13(11)14(20)16-6-1-2-8-17-9-7-15-10-17/h3-5,7,9-10,18-19H,1-2,6,8H2,(H,16,20). The SMILES string of the molecule is O=C(NCCCCn1ccnc1)c1c(O)cccc1O. The van der Waals surface area contributed by atoms with Crippen molar-refractivity contribution in [1.29, 1.82) is 0 Å². The van der Waals surface area contributed by atoms with Crippen LogP contribution >= 0.6 is 0 Å². The maximum atomic E-state index is 11.8.